The largest absolute Gasteiger partial charge is 0.389 e. The van der Waals surface area contributed by atoms with Gasteiger partial charge in [-0.2, -0.15) is 0 Å². The number of aliphatic hydroxyl groups is 1. The fourth-order valence-corrected chi connectivity index (χ4v) is 1.21. The van der Waals surface area contributed by atoms with Crippen LogP contribution in [0.25, 0.3) is 0 Å². The Bertz CT molecular complexity index is 140. The third-order valence-corrected chi connectivity index (χ3v) is 2.20. The number of nitrogens with one attached hydrogen (secondary N) is 1. The summed E-state index contributed by atoms with van der Waals surface area (Å²) in [5.41, 5.74) is -0.679. The lowest BCUT2D eigenvalue weighted by Gasteiger charge is -2.23. The van der Waals surface area contributed by atoms with E-state index in [0.717, 1.165) is 26.2 Å². The monoisotopic (exact) mass is 219 g/mol. The molecule has 0 aliphatic carbocycles. The summed E-state index contributed by atoms with van der Waals surface area (Å²) in [5.74, 6) is 0. The summed E-state index contributed by atoms with van der Waals surface area (Å²) in [6.07, 6.45) is 1.64. The van der Waals surface area contributed by atoms with Crippen LogP contribution < -0.4 is 5.32 Å². The van der Waals surface area contributed by atoms with Crippen molar-refractivity contribution in [3.05, 3.63) is 0 Å². The SMILES string of the molecule is CCOCCCNCC(C)(O)CCOC. The molecule has 0 aliphatic heterocycles. The van der Waals surface area contributed by atoms with Crippen molar-refractivity contribution in [2.24, 2.45) is 0 Å². The number of rotatable bonds is 10. The maximum Gasteiger partial charge on any atom is 0.0765 e. The van der Waals surface area contributed by atoms with Crippen LogP contribution in [0.2, 0.25) is 0 Å². The van der Waals surface area contributed by atoms with Gasteiger partial charge in [0.2, 0.25) is 0 Å². The Morgan fingerprint density at radius 1 is 1.33 bits per heavy atom. The molecule has 0 amide bonds. The van der Waals surface area contributed by atoms with Gasteiger partial charge in [-0.3, -0.25) is 0 Å². The Kier molecular flexibility index (Phi) is 9.00. The van der Waals surface area contributed by atoms with Crippen molar-refractivity contribution >= 4 is 0 Å². The molecule has 15 heavy (non-hydrogen) atoms. The van der Waals surface area contributed by atoms with Crippen molar-refractivity contribution in [3.63, 3.8) is 0 Å². The highest BCUT2D eigenvalue weighted by Crippen LogP contribution is 2.07. The van der Waals surface area contributed by atoms with E-state index >= 15 is 0 Å². The van der Waals surface area contributed by atoms with Crippen LogP contribution in [0.1, 0.15) is 26.7 Å². The molecule has 92 valence electrons. The van der Waals surface area contributed by atoms with E-state index in [0.29, 0.717) is 19.6 Å². The van der Waals surface area contributed by atoms with Crippen LogP contribution in [0.4, 0.5) is 0 Å². The van der Waals surface area contributed by atoms with E-state index in [2.05, 4.69) is 5.32 Å². The van der Waals surface area contributed by atoms with Crippen LogP contribution >= 0.6 is 0 Å². The summed E-state index contributed by atoms with van der Waals surface area (Å²) in [4.78, 5) is 0. The van der Waals surface area contributed by atoms with E-state index in [1.54, 1.807) is 7.11 Å². The molecule has 4 nitrogen and oxygen atoms in total. The highest BCUT2D eigenvalue weighted by molar-refractivity contribution is 4.74. The molecule has 0 aromatic heterocycles. The van der Waals surface area contributed by atoms with Gasteiger partial charge in [0.1, 0.15) is 0 Å². The zero-order valence-corrected chi connectivity index (χ0v) is 10.2. The fraction of sp³-hybridized carbons (Fsp3) is 1.00. The minimum atomic E-state index is -0.679. The molecule has 0 aromatic rings. The van der Waals surface area contributed by atoms with Crippen LogP contribution in [-0.4, -0.2) is 50.7 Å². The zero-order chi connectivity index (χ0) is 11.6. The Morgan fingerprint density at radius 3 is 2.67 bits per heavy atom. The highest BCUT2D eigenvalue weighted by atomic mass is 16.5. The first-order chi connectivity index (χ1) is 7.12. The van der Waals surface area contributed by atoms with E-state index < -0.39 is 5.60 Å². The maximum atomic E-state index is 9.87. The van der Waals surface area contributed by atoms with Crippen LogP contribution in [0.15, 0.2) is 0 Å². The summed E-state index contributed by atoms with van der Waals surface area (Å²) in [6.45, 7) is 7.43. The molecule has 0 bridgehead atoms. The number of methoxy groups -OCH3 is 1. The van der Waals surface area contributed by atoms with Crippen LogP contribution in [0, 0.1) is 0 Å². The smallest absolute Gasteiger partial charge is 0.0765 e. The molecule has 2 N–H and O–H groups in total. The van der Waals surface area contributed by atoms with E-state index in [1.165, 1.54) is 0 Å². The molecule has 0 rings (SSSR count). The van der Waals surface area contributed by atoms with Gasteiger partial charge in [0.25, 0.3) is 0 Å². The minimum Gasteiger partial charge on any atom is -0.389 e. The second-order valence-corrected chi connectivity index (χ2v) is 3.97. The van der Waals surface area contributed by atoms with Crippen LogP contribution in [-0.2, 0) is 9.47 Å². The molecule has 1 atom stereocenters. The van der Waals surface area contributed by atoms with Crippen molar-refractivity contribution in [2.45, 2.75) is 32.3 Å². The average Bonchev–Trinajstić information content (AvgIpc) is 2.20. The van der Waals surface area contributed by atoms with E-state index in [1.807, 2.05) is 13.8 Å². The molecule has 0 spiro atoms. The predicted octanol–water partition coefficient (Wildman–Crippen LogP) is 0.790. The summed E-state index contributed by atoms with van der Waals surface area (Å²) in [6, 6.07) is 0. The van der Waals surface area contributed by atoms with Gasteiger partial charge in [0.15, 0.2) is 0 Å². The minimum absolute atomic E-state index is 0.591. The number of hydrogen-bond donors (Lipinski definition) is 2. The first-order valence-electron chi connectivity index (χ1n) is 5.62. The van der Waals surface area contributed by atoms with Crippen LogP contribution in [0.3, 0.4) is 0 Å². The second-order valence-electron chi connectivity index (χ2n) is 3.97. The normalized spacial score (nSPS) is 15.2. The summed E-state index contributed by atoms with van der Waals surface area (Å²) >= 11 is 0. The molecule has 0 aliphatic rings. The van der Waals surface area contributed by atoms with E-state index in [9.17, 15) is 5.11 Å². The second kappa shape index (κ2) is 9.09. The molecule has 0 aromatic carbocycles. The first-order valence-corrected chi connectivity index (χ1v) is 5.62. The summed E-state index contributed by atoms with van der Waals surface area (Å²) in [5, 5.41) is 13.1. The van der Waals surface area contributed by atoms with E-state index in [4.69, 9.17) is 9.47 Å². The van der Waals surface area contributed by atoms with E-state index in [-0.39, 0.29) is 0 Å². The average molecular weight is 219 g/mol. The molecule has 1 unspecified atom stereocenters. The van der Waals surface area contributed by atoms with Crippen molar-refractivity contribution < 1.29 is 14.6 Å². The molecular formula is C11H25NO3. The quantitative estimate of drug-likeness (QED) is 0.533. The third kappa shape index (κ3) is 10.1. The lowest BCUT2D eigenvalue weighted by Crippen LogP contribution is -2.39. The van der Waals surface area contributed by atoms with Crippen molar-refractivity contribution in [2.75, 3.05) is 40.0 Å². The standard InChI is InChI=1S/C11H25NO3/c1-4-15-8-5-7-12-10-11(2,13)6-9-14-3/h12-13H,4-10H2,1-3H3. The van der Waals surface area contributed by atoms with Crippen molar-refractivity contribution in [1.29, 1.82) is 0 Å². The Labute approximate surface area is 93.0 Å². The molecule has 0 fully saturated rings. The Hall–Kier alpha value is -0.160. The Balaban J connectivity index is 3.32. The highest BCUT2D eigenvalue weighted by Gasteiger charge is 2.18. The van der Waals surface area contributed by atoms with Crippen LogP contribution in [0.5, 0.6) is 0 Å². The molecule has 0 saturated heterocycles. The molecular weight excluding hydrogens is 194 g/mol. The maximum absolute atomic E-state index is 9.87. The lowest BCUT2D eigenvalue weighted by molar-refractivity contribution is 0.0246. The van der Waals surface area contributed by atoms with Gasteiger partial charge < -0.3 is 19.9 Å². The first kappa shape index (κ1) is 14.8. The Morgan fingerprint density at radius 2 is 2.07 bits per heavy atom. The lowest BCUT2D eigenvalue weighted by atomic mass is 10.0. The van der Waals surface area contributed by atoms with Crippen molar-refractivity contribution in [3.8, 4) is 0 Å². The third-order valence-electron chi connectivity index (χ3n) is 2.20. The number of ether oxygens (including phenoxy) is 2. The molecule has 0 radical (unpaired) electrons. The summed E-state index contributed by atoms with van der Waals surface area (Å²) in [7, 11) is 1.64. The van der Waals surface area contributed by atoms with Gasteiger partial charge in [-0.15, -0.1) is 0 Å². The van der Waals surface area contributed by atoms with Gasteiger partial charge in [-0.05, 0) is 26.8 Å². The van der Waals surface area contributed by atoms with Gasteiger partial charge >= 0.3 is 0 Å². The molecule has 4 heteroatoms. The van der Waals surface area contributed by atoms with Crippen molar-refractivity contribution in [1.82, 2.24) is 5.32 Å². The van der Waals surface area contributed by atoms with Gasteiger partial charge in [0, 0.05) is 39.9 Å². The topological polar surface area (TPSA) is 50.7 Å². The molecule has 0 saturated carbocycles. The molecule has 0 heterocycles. The van der Waals surface area contributed by atoms with Gasteiger partial charge in [-0.1, -0.05) is 0 Å². The fourth-order valence-electron chi connectivity index (χ4n) is 1.21. The van der Waals surface area contributed by atoms with Gasteiger partial charge in [0.05, 0.1) is 5.60 Å². The summed E-state index contributed by atoms with van der Waals surface area (Å²) < 4.78 is 10.1. The van der Waals surface area contributed by atoms with Gasteiger partial charge in [-0.25, -0.2) is 0 Å². The number of hydrogen-bond acceptors (Lipinski definition) is 4. The predicted molar refractivity (Wildman–Crippen MR) is 61.1 cm³/mol. The zero-order valence-electron chi connectivity index (χ0n) is 10.2.